The fourth-order valence-electron chi connectivity index (χ4n) is 2.43. The van der Waals surface area contributed by atoms with Crippen LogP contribution in [-0.2, 0) is 0 Å². The number of aromatic nitrogens is 2. The smallest absolute Gasteiger partial charge is 0.269 e. The molecule has 4 aromatic rings. The molecule has 0 fully saturated rings. The van der Waals surface area contributed by atoms with Crippen molar-refractivity contribution >= 4 is 50.7 Å². The van der Waals surface area contributed by atoms with Gasteiger partial charge in [0, 0.05) is 18.2 Å². The molecule has 0 spiro atoms. The van der Waals surface area contributed by atoms with E-state index in [2.05, 4.69) is 9.97 Å². The van der Waals surface area contributed by atoms with Gasteiger partial charge in [0.1, 0.15) is 5.01 Å². The molecule has 0 aliphatic carbocycles. The predicted octanol–water partition coefficient (Wildman–Crippen LogP) is 2.61. The second kappa shape index (κ2) is 6.66. The summed E-state index contributed by atoms with van der Waals surface area (Å²) in [7, 11) is 0. The lowest BCUT2D eigenvalue weighted by molar-refractivity contribution is -0.384. The van der Waals surface area contributed by atoms with Crippen molar-refractivity contribution in [1.82, 2.24) is 9.97 Å². The molecule has 2 aromatic heterocycles. The van der Waals surface area contributed by atoms with Crippen molar-refractivity contribution in [3.05, 3.63) is 88.8 Å². The van der Waals surface area contributed by atoms with Gasteiger partial charge in [-0.3, -0.25) is 14.9 Å². The summed E-state index contributed by atoms with van der Waals surface area (Å²) in [5.41, 5.74) is 1.49. The molecular formula is C18H11N3O3S2. The van der Waals surface area contributed by atoms with Crippen LogP contribution in [0.15, 0.2) is 53.3 Å². The molecule has 0 amide bonds. The third-order valence-electron chi connectivity index (χ3n) is 3.65. The highest BCUT2D eigenvalue weighted by atomic mass is 32.1. The summed E-state index contributed by atoms with van der Waals surface area (Å²) in [5, 5.41) is 11.5. The molecule has 0 bridgehead atoms. The number of H-pyrrole nitrogens is 1. The van der Waals surface area contributed by atoms with Crippen molar-refractivity contribution in [2.45, 2.75) is 0 Å². The minimum atomic E-state index is -0.452. The molecule has 128 valence electrons. The van der Waals surface area contributed by atoms with Crippen molar-refractivity contribution in [1.29, 1.82) is 0 Å². The van der Waals surface area contributed by atoms with E-state index in [0.29, 0.717) is 9.20 Å². The summed E-state index contributed by atoms with van der Waals surface area (Å²) in [6.07, 6.45) is 3.56. The maximum absolute atomic E-state index is 12.2. The number of nitrogens with zero attached hydrogens (tertiary/aromatic N) is 2. The van der Waals surface area contributed by atoms with Gasteiger partial charge in [-0.25, -0.2) is 4.98 Å². The second-order valence-corrected chi connectivity index (χ2v) is 7.59. The number of para-hydroxylation sites is 1. The van der Waals surface area contributed by atoms with Crippen LogP contribution in [0.1, 0.15) is 10.6 Å². The minimum absolute atomic E-state index is 0.0205. The number of rotatable bonds is 3. The highest BCUT2D eigenvalue weighted by Crippen LogP contribution is 2.21. The lowest BCUT2D eigenvalue weighted by Crippen LogP contribution is -2.19. The molecule has 1 N–H and O–H groups in total. The van der Waals surface area contributed by atoms with Gasteiger partial charge in [-0.05, 0) is 35.9 Å². The van der Waals surface area contributed by atoms with Crippen LogP contribution in [0.4, 0.5) is 5.69 Å². The van der Waals surface area contributed by atoms with E-state index in [-0.39, 0.29) is 11.2 Å². The third kappa shape index (κ3) is 3.32. The van der Waals surface area contributed by atoms with Crippen molar-refractivity contribution < 1.29 is 4.92 Å². The number of fused-ring (bicyclic) bond motifs is 1. The fourth-order valence-corrected chi connectivity index (χ4v) is 4.31. The van der Waals surface area contributed by atoms with E-state index < -0.39 is 4.92 Å². The van der Waals surface area contributed by atoms with Crippen molar-refractivity contribution in [3.63, 3.8) is 0 Å². The maximum atomic E-state index is 12.2. The molecule has 2 heterocycles. The first kappa shape index (κ1) is 16.4. The molecule has 0 aliphatic heterocycles. The number of aromatic amines is 1. The summed E-state index contributed by atoms with van der Waals surface area (Å²) in [6, 6.07) is 13.9. The van der Waals surface area contributed by atoms with Crippen LogP contribution < -0.4 is 14.8 Å². The summed E-state index contributed by atoms with van der Waals surface area (Å²) in [5.74, 6) is 0. The van der Waals surface area contributed by atoms with Gasteiger partial charge in [-0.1, -0.05) is 12.1 Å². The summed E-state index contributed by atoms with van der Waals surface area (Å²) < 4.78 is 2.34. The highest BCUT2D eigenvalue weighted by molar-refractivity contribution is 7.19. The Balaban J connectivity index is 1.72. The van der Waals surface area contributed by atoms with Gasteiger partial charge in [0.15, 0.2) is 0 Å². The molecule has 2 aromatic carbocycles. The molecule has 0 atom stereocenters. The Morgan fingerprint density at radius 3 is 2.54 bits per heavy atom. The molecular weight excluding hydrogens is 370 g/mol. The van der Waals surface area contributed by atoms with Gasteiger partial charge in [-0.15, -0.1) is 22.7 Å². The Bertz CT molecular complexity index is 1250. The summed E-state index contributed by atoms with van der Waals surface area (Å²) in [6.45, 7) is 0. The standard InChI is InChI=1S/C18H11N3O3S2/c22-18-15(9-11-5-7-12(8-6-11)21(23)24)26-17(20-18)10-16-19-13-3-1-2-4-14(13)25-16/h1-10H,(H,20,22)/b15-9-,17-10+. The fraction of sp³-hybridized carbons (Fsp3) is 0. The first-order valence-electron chi connectivity index (χ1n) is 7.61. The molecule has 6 nitrogen and oxygen atoms in total. The van der Waals surface area contributed by atoms with Gasteiger partial charge in [-0.2, -0.15) is 0 Å². The van der Waals surface area contributed by atoms with Crippen LogP contribution >= 0.6 is 22.7 Å². The first-order chi connectivity index (χ1) is 12.6. The van der Waals surface area contributed by atoms with E-state index in [4.69, 9.17) is 0 Å². The number of nitro benzene ring substituents is 1. The predicted molar refractivity (Wildman–Crippen MR) is 104 cm³/mol. The Morgan fingerprint density at radius 2 is 1.81 bits per heavy atom. The van der Waals surface area contributed by atoms with E-state index >= 15 is 0 Å². The molecule has 0 unspecified atom stereocenters. The minimum Gasteiger partial charge on any atom is -0.313 e. The number of hydrogen-bond acceptors (Lipinski definition) is 6. The van der Waals surface area contributed by atoms with Crippen LogP contribution in [0, 0.1) is 10.1 Å². The van der Waals surface area contributed by atoms with Gasteiger partial charge >= 0.3 is 0 Å². The third-order valence-corrected chi connectivity index (χ3v) is 5.59. The number of nitrogens with one attached hydrogen (secondary N) is 1. The molecule has 0 saturated heterocycles. The molecule has 8 heteroatoms. The average Bonchev–Trinajstić information content (AvgIpc) is 3.18. The molecule has 26 heavy (non-hydrogen) atoms. The molecule has 0 aliphatic rings. The Hall–Kier alpha value is -3.10. The van der Waals surface area contributed by atoms with Gasteiger partial charge in [0.05, 0.1) is 24.3 Å². The normalized spacial score (nSPS) is 12.8. The van der Waals surface area contributed by atoms with E-state index in [1.807, 2.05) is 30.3 Å². The van der Waals surface area contributed by atoms with E-state index in [0.717, 1.165) is 20.8 Å². The number of benzene rings is 2. The molecule has 0 radical (unpaired) electrons. The van der Waals surface area contributed by atoms with Crippen LogP contribution in [0.3, 0.4) is 0 Å². The zero-order valence-electron chi connectivity index (χ0n) is 13.2. The van der Waals surface area contributed by atoms with Crippen molar-refractivity contribution in [3.8, 4) is 0 Å². The lowest BCUT2D eigenvalue weighted by Gasteiger charge is -1.92. The largest absolute Gasteiger partial charge is 0.313 e. The van der Waals surface area contributed by atoms with Gasteiger partial charge in [0.2, 0.25) is 0 Å². The zero-order chi connectivity index (χ0) is 18.1. The monoisotopic (exact) mass is 381 g/mol. The summed E-state index contributed by atoms with van der Waals surface area (Å²) in [4.78, 5) is 29.8. The maximum Gasteiger partial charge on any atom is 0.269 e. The topological polar surface area (TPSA) is 88.9 Å². The number of non-ortho nitro benzene ring substituents is 1. The molecule has 4 rings (SSSR count). The Labute approximate surface area is 154 Å². The van der Waals surface area contributed by atoms with Crippen molar-refractivity contribution in [2.75, 3.05) is 0 Å². The number of nitro groups is 1. The van der Waals surface area contributed by atoms with E-state index in [1.54, 1.807) is 29.5 Å². The SMILES string of the molecule is O=c1[nH]/c(=C\c2nc3ccccc3s2)s/c1=C\c1ccc([N+](=O)[O-])cc1. The number of thiazole rings is 2. The Kier molecular flexibility index (Phi) is 4.19. The average molecular weight is 381 g/mol. The van der Waals surface area contributed by atoms with Crippen LogP contribution in [0.25, 0.3) is 22.4 Å². The van der Waals surface area contributed by atoms with E-state index in [1.165, 1.54) is 23.5 Å². The van der Waals surface area contributed by atoms with Crippen molar-refractivity contribution in [2.24, 2.45) is 0 Å². The van der Waals surface area contributed by atoms with E-state index in [9.17, 15) is 14.9 Å². The number of hydrogen-bond donors (Lipinski definition) is 1. The highest BCUT2D eigenvalue weighted by Gasteiger charge is 2.04. The first-order valence-corrected chi connectivity index (χ1v) is 9.24. The van der Waals surface area contributed by atoms with Crippen LogP contribution in [0.2, 0.25) is 0 Å². The quantitative estimate of drug-likeness (QED) is 0.436. The van der Waals surface area contributed by atoms with Crippen LogP contribution in [-0.4, -0.2) is 14.9 Å². The zero-order valence-corrected chi connectivity index (χ0v) is 14.8. The van der Waals surface area contributed by atoms with Gasteiger partial charge in [0.25, 0.3) is 11.2 Å². The Morgan fingerprint density at radius 1 is 1.04 bits per heavy atom. The summed E-state index contributed by atoms with van der Waals surface area (Å²) >= 11 is 2.88. The lowest BCUT2D eigenvalue weighted by atomic mass is 10.2. The molecule has 0 saturated carbocycles. The second-order valence-electron chi connectivity index (χ2n) is 5.44. The van der Waals surface area contributed by atoms with Crippen LogP contribution in [0.5, 0.6) is 0 Å². The van der Waals surface area contributed by atoms with Gasteiger partial charge < -0.3 is 4.98 Å².